The van der Waals surface area contributed by atoms with Gasteiger partial charge in [-0.3, -0.25) is 9.78 Å². The molecule has 0 atom stereocenters. The van der Waals surface area contributed by atoms with Crippen LogP contribution in [0.1, 0.15) is 22.8 Å². The predicted octanol–water partition coefficient (Wildman–Crippen LogP) is 5.02. The lowest BCUT2D eigenvalue weighted by Crippen LogP contribution is -2.23. The van der Waals surface area contributed by atoms with Gasteiger partial charge < -0.3 is 15.0 Å². The van der Waals surface area contributed by atoms with E-state index in [-0.39, 0.29) is 5.91 Å². The van der Waals surface area contributed by atoms with Crippen LogP contribution in [0.15, 0.2) is 67.0 Å². The van der Waals surface area contributed by atoms with Crippen molar-refractivity contribution in [1.82, 2.24) is 4.98 Å². The highest BCUT2D eigenvalue weighted by molar-refractivity contribution is 6.32. The molecule has 6 heteroatoms. The topological polar surface area (TPSA) is 54.5 Å². The zero-order valence-corrected chi connectivity index (χ0v) is 16.6. The molecule has 1 heterocycles. The molecule has 0 aliphatic carbocycles. The van der Waals surface area contributed by atoms with Crippen molar-refractivity contribution in [2.75, 3.05) is 23.9 Å². The molecule has 0 bridgehead atoms. The van der Waals surface area contributed by atoms with Crippen LogP contribution in [0, 0.1) is 0 Å². The van der Waals surface area contributed by atoms with Crippen LogP contribution in [0.4, 0.5) is 11.4 Å². The standard InChI is InChI=1S/C22H22ClN3O2/c1-3-26(15-16-7-5-4-6-8-16)19-11-17(13-24-14-19)22(27)25-18-9-10-21(28-2)20(23)12-18/h4-14H,3,15H2,1-2H3,(H,25,27). The zero-order valence-electron chi connectivity index (χ0n) is 15.9. The van der Waals surface area contributed by atoms with E-state index >= 15 is 0 Å². The number of nitrogens with zero attached hydrogens (tertiary/aromatic N) is 2. The largest absolute Gasteiger partial charge is 0.495 e. The minimum atomic E-state index is -0.244. The lowest BCUT2D eigenvalue weighted by Gasteiger charge is -2.23. The summed E-state index contributed by atoms with van der Waals surface area (Å²) < 4.78 is 5.13. The Morgan fingerprint density at radius 1 is 1.14 bits per heavy atom. The number of anilines is 2. The van der Waals surface area contributed by atoms with Gasteiger partial charge in [-0.05, 0) is 36.8 Å². The summed E-state index contributed by atoms with van der Waals surface area (Å²) in [4.78, 5) is 19.1. The Morgan fingerprint density at radius 3 is 2.61 bits per heavy atom. The number of halogens is 1. The molecule has 0 saturated carbocycles. The molecule has 3 aromatic rings. The number of benzene rings is 2. The molecular formula is C22H22ClN3O2. The van der Waals surface area contributed by atoms with Crippen molar-refractivity contribution in [2.45, 2.75) is 13.5 Å². The fourth-order valence-corrected chi connectivity index (χ4v) is 3.12. The van der Waals surface area contributed by atoms with Gasteiger partial charge in [0.25, 0.3) is 5.91 Å². The Kier molecular flexibility index (Phi) is 6.50. The molecule has 5 nitrogen and oxygen atoms in total. The molecule has 0 aliphatic rings. The van der Waals surface area contributed by atoms with Gasteiger partial charge in [0.05, 0.1) is 29.6 Å². The second-order valence-electron chi connectivity index (χ2n) is 6.24. The van der Waals surface area contributed by atoms with Gasteiger partial charge in [0.2, 0.25) is 0 Å². The highest BCUT2D eigenvalue weighted by Gasteiger charge is 2.12. The minimum absolute atomic E-state index is 0.244. The summed E-state index contributed by atoms with van der Waals surface area (Å²) in [5.41, 5.74) is 3.17. The SMILES string of the molecule is CCN(Cc1ccccc1)c1cncc(C(=O)Nc2ccc(OC)c(Cl)c2)c1. The fraction of sp³-hybridized carbons (Fsp3) is 0.182. The van der Waals surface area contributed by atoms with Crippen LogP contribution in [-0.2, 0) is 6.54 Å². The van der Waals surface area contributed by atoms with Crippen molar-refractivity contribution in [1.29, 1.82) is 0 Å². The summed E-state index contributed by atoms with van der Waals surface area (Å²) >= 11 is 6.13. The molecule has 0 spiro atoms. The van der Waals surface area contributed by atoms with E-state index in [0.717, 1.165) is 18.8 Å². The number of hydrogen-bond acceptors (Lipinski definition) is 4. The Balaban J connectivity index is 1.76. The first-order valence-corrected chi connectivity index (χ1v) is 9.37. The number of nitrogens with one attached hydrogen (secondary N) is 1. The van der Waals surface area contributed by atoms with Crippen molar-refractivity contribution in [3.63, 3.8) is 0 Å². The van der Waals surface area contributed by atoms with E-state index in [4.69, 9.17) is 16.3 Å². The van der Waals surface area contributed by atoms with Crippen LogP contribution in [-0.4, -0.2) is 24.5 Å². The molecule has 144 valence electrons. The predicted molar refractivity (Wildman–Crippen MR) is 113 cm³/mol. The third kappa shape index (κ3) is 4.81. The Hall–Kier alpha value is -3.05. The number of pyridine rings is 1. The van der Waals surface area contributed by atoms with Gasteiger partial charge in [-0.15, -0.1) is 0 Å². The summed E-state index contributed by atoms with van der Waals surface area (Å²) in [5, 5.41) is 3.28. The van der Waals surface area contributed by atoms with E-state index in [2.05, 4.69) is 34.3 Å². The molecule has 0 fully saturated rings. The lowest BCUT2D eigenvalue weighted by molar-refractivity contribution is 0.102. The van der Waals surface area contributed by atoms with E-state index in [1.54, 1.807) is 37.7 Å². The average molecular weight is 396 g/mol. The van der Waals surface area contributed by atoms with E-state index in [1.807, 2.05) is 24.3 Å². The summed E-state index contributed by atoms with van der Waals surface area (Å²) in [6.45, 7) is 3.63. The van der Waals surface area contributed by atoms with E-state index in [1.165, 1.54) is 5.56 Å². The second kappa shape index (κ2) is 9.24. The molecule has 0 unspecified atom stereocenters. The van der Waals surface area contributed by atoms with E-state index in [0.29, 0.717) is 22.0 Å². The number of amides is 1. The van der Waals surface area contributed by atoms with Gasteiger partial charge in [0, 0.05) is 25.0 Å². The van der Waals surface area contributed by atoms with Crippen molar-refractivity contribution in [3.05, 3.63) is 83.1 Å². The summed E-state index contributed by atoms with van der Waals surface area (Å²) in [5.74, 6) is 0.314. The van der Waals surface area contributed by atoms with Crippen LogP contribution in [0.25, 0.3) is 0 Å². The number of ether oxygens (including phenoxy) is 1. The van der Waals surface area contributed by atoms with Crippen LogP contribution < -0.4 is 15.0 Å². The molecule has 28 heavy (non-hydrogen) atoms. The number of methoxy groups -OCH3 is 1. The molecule has 1 aromatic heterocycles. The Labute approximate surface area is 169 Å². The number of carbonyl (C=O) groups is 1. The molecule has 0 saturated heterocycles. The summed E-state index contributed by atoms with van der Waals surface area (Å²) in [6, 6.07) is 17.2. The minimum Gasteiger partial charge on any atom is -0.495 e. The Bertz CT molecular complexity index is 948. The molecule has 1 N–H and O–H groups in total. The maximum Gasteiger partial charge on any atom is 0.257 e. The van der Waals surface area contributed by atoms with Crippen LogP contribution >= 0.6 is 11.6 Å². The second-order valence-corrected chi connectivity index (χ2v) is 6.64. The van der Waals surface area contributed by atoms with Crippen LogP contribution in [0.5, 0.6) is 5.75 Å². The number of carbonyl (C=O) groups excluding carboxylic acids is 1. The van der Waals surface area contributed by atoms with Gasteiger partial charge in [0.15, 0.2) is 0 Å². The van der Waals surface area contributed by atoms with Crippen LogP contribution in [0.2, 0.25) is 5.02 Å². The lowest BCUT2D eigenvalue weighted by atomic mass is 10.2. The van der Waals surface area contributed by atoms with Crippen molar-refractivity contribution >= 4 is 28.9 Å². The number of rotatable bonds is 7. The molecule has 1 amide bonds. The highest BCUT2D eigenvalue weighted by Crippen LogP contribution is 2.27. The maximum absolute atomic E-state index is 12.7. The monoisotopic (exact) mass is 395 g/mol. The van der Waals surface area contributed by atoms with E-state index in [9.17, 15) is 4.79 Å². The van der Waals surface area contributed by atoms with Crippen molar-refractivity contribution < 1.29 is 9.53 Å². The molecule has 2 aromatic carbocycles. The van der Waals surface area contributed by atoms with E-state index < -0.39 is 0 Å². The highest BCUT2D eigenvalue weighted by atomic mass is 35.5. The van der Waals surface area contributed by atoms with Gasteiger partial charge in [0.1, 0.15) is 5.75 Å². The third-order valence-electron chi connectivity index (χ3n) is 4.36. The van der Waals surface area contributed by atoms with Crippen molar-refractivity contribution in [2.24, 2.45) is 0 Å². The van der Waals surface area contributed by atoms with Gasteiger partial charge in [-0.2, -0.15) is 0 Å². The molecular weight excluding hydrogens is 374 g/mol. The molecule has 3 rings (SSSR count). The first kappa shape index (κ1) is 19.7. The quantitative estimate of drug-likeness (QED) is 0.610. The van der Waals surface area contributed by atoms with Gasteiger partial charge >= 0.3 is 0 Å². The average Bonchev–Trinajstić information content (AvgIpc) is 2.73. The van der Waals surface area contributed by atoms with Crippen molar-refractivity contribution in [3.8, 4) is 5.75 Å². The zero-order chi connectivity index (χ0) is 19.9. The van der Waals surface area contributed by atoms with Gasteiger partial charge in [-0.25, -0.2) is 0 Å². The first-order valence-electron chi connectivity index (χ1n) is 8.99. The number of hydrogen-bond donors (Lipinski definition) is 1. The first-order chi connectivity index (χ1) is 13.6. The van der Waals surface area contributed by atoms with Crippen LogP contribution in [0.3, 0.4) is 0 Å². The smallest absolute Gasteiger partial charge is 0.257 e. The summed E-state index contributed by atoms with van der Waals surface area (Å²) in [6.07, 6.45) is 3.33. The fourth-order valence-electron chi connectivity index (χ4n) is 2.86. The Morgan fingerprint density at radius 2 is 1.93 bits per heavy atom. The molecule has 0 radical (unpaired) electrons. The maximum atomic E-state index is 12.7. The number of aromatic nitrogens is 1. The summed E-state index contributed by atoms with van der Waals surface area (Å²) in [7, 11) is 1.55. The molecule has 0 aliphatic heterocycles. The van der Waals surface area contributed by atoms with Gasteiger partial charge in [-0.1, -0.05) is 41.9 Å². The normalized spacial score (nSPS) is 10.4. The third-order valence-corrected chi connectivity index (χ3v) is 4.65.